The quantitative estimate of drug-likeness (QED) is 0.809. The van der Waals surface area contributed by atoms with E-state index < -0.39 is 0 Å². The monoisotopic (exact) mass is 364 g/mol. The maximum atomic E-state index is 12.3. The number of halogens is 1. The van der Waals surface area contributed by atoms with Crippen molar-refractivity contribution in [3.63, 3.8) is 0 Å². The van der Waals surface area contributed by atoms with Crippen LogP contribution in [-0.4, -0.2) is 45.3 Å². The van der Waals surface area contributed by atoms with Gasteiger partial charge in [0, 0.05) is 12.1 Å². The van der Waals surface area contributed by atoms with Crippen LogP contribution >= 0.6 is 11.6 Å². The average molecular weight is 365 g/mol. The molecule has 134 valence electrons. The van der Waals surface area contributed by atoms with Crippen LogP contribution in [0.3, 0.4) is 0 Å². The molecule has 0 bridgehead atoms. The molecular formula is C18H21ClN2O4. The van der Waals surface area contributed by atoms with Gasteiger partial charge in [-0.25, -0.2) is 4.79 Å². The van der Waals surface area contributed by atoms with E-state index in [0.29, 0.717) is 35.4 Å². The summed E-state index contributed by atoms with van der Waals surface area (Å²) < 4.78 is 15.9. The number of hydrogen-bond donors (Lipinski definition) is 1. The summed E-state index contributed by atoms with van der Waals surface area (Å²) in [5, 5.41) is 3.29. The summed E-state index contributed by atoms with van der Waals surface area (Å²) in [5.74, 6) is 2.02. The lowest BCUT2D eigenvalue weighted by atomic mass is 10.3. The fraction of sp³-hybridized carbons (Fsp3) is 0.278. The lowest BCUT2D eigenvalue weighted by Crippen LogP contribution is -2.34. The molecule has 0 atom stereocenters. The molecule has 0 radical (unpaired) electrons. The first kappa shape index (κ1) is 18.7. The van der Waals surface area contributed by atoms with Crippen LogP contribution in [0, 0.1) is 0 Å². The van der Waals surface area contributed by atoms with E-state index in [-0.39, 0.29) is 6.03 Å². The molecule has 0 aliphatic carbocycles. The second-order valence-electron chi connectivity index (χ2n) is 5.22. The first-order valence-electron chi connectivity index (χ1n) is 7.66. The number of carbonyl (C=O) groups is 1. The number of rotatable bonds is 7. The van der Waals surface area contributed by atoms with Crippen LogP contribution in [0.4, 0.5) is 10.5 Å². The zero-order chi connectivity index (χ0) is 18.2. The van der Waals surface area contributed by atoms with Crippen LogP contribution in [0.2, 0.25) is 5.02 Å². The predicted octanol–water partition coefficient (Wildman–Crippen LogP) is 3.90. The Labute approximate surface area is 152 Å². The Kier molecular flexibility index (Phi) is 6.77. The number of nitrogens with zero attached hydrogens (tertiary/aromatic N) is 1. The second-order valence-corrected chi connectivity index (χ2v) is 5.66. The van der Waals surface area contributed by atoms with Crippen molar-refractivity contribution in [2.75, 3.05) is 39.7 Å². The van der Waals surface area contributed by atoms with Crippen LogP contribution in [-0.2, 0) is 0 Å². The Morgan fingerprint density at radius 3 is 2.40 bits per heavy atom. The molecule has 6 nitrogen and oxygen atoms in total. The third kappa shape index (κ3) is 5.46. The number of urea groups is 1. The van der Waals surface area contributed by atoms with Gasteiger partial charge in [0.05, 0.1) is 26.5 Å². The van der Waals surface area contributed by atoms with Crippen molar-refractivity contribution in [1.29, 1.82) is 0 Å². The molecule has 2 aromatic rings. The van der Waals surface area contributed by atoms with E-state index in [9.17, 15) is 4.79 Å². The van der Waals surface area contributed by atoms with Crippen molar-refractivity contribution in [2.45, 2.75) is 0 Å². The average Bonchev–Trinajstić information content (AvgIpc) is 2.62. The largest absolute Gasteiger partial charge is 0.497 e. The van der Waals surface area contributed by atoms with Crippen LogP contribution in [0.15, 0.2) is 42.5 Å². The molecule has 0 saturated carbocycles. The van der Waals surface area contributed by atoms with Gasteiger partial charge < -0.3 is 24.4 Å². The van der Waals surface area contributed by atoms with Crippen molar-refractivity contribution in [3.05, 3.63) is 47.5 Å². The Hall–Kier alpha value is -2.60. The molecule has 0 fully saturated rings. The van der Waals surface area contributed by atoms with Gasteiger partial charge >= 0.3 is 6.03 Å². The minimum Gasteiger partial charge on any atom is -0.497 e. The summed E-state index contributed by atoms with van der Waals surface area (Å²) in [6.45, 7) is 0.781. The maximum absolute atomic E-state index is 12.3. The lowest BCUT2D eigenvalue weighted by molar-refractivity contribution is 0.207. The normalized spacial score (nSPS) is 10.1. The summed E-state index contributed by atoms with van der Waals surface area (Å²) >= 11 is 5.96. The summed E-state index contributed by atoms with van der Waals surface area (Å²) in [5.41, 5.74) is 0.517. The van der Waals surface area contributed by atoms with E-state index in [0.717, 1.165) is 5.75 Å². The molecule has 0 unspecified atom stereocenters. The fourth-order valence-electron chi connectivity index (χ4n) is 2.06. The van der Waals surface area contributed by atoms with Gasteiger partial charge in [-0.15, -0.1) is 0 Å². The fourth-order valence-corrected chi connectivity index (χ4v) is 2.23. The molecule has 25 heavy (non-hydrogen) atoms. The molecule has 0 heterocycles. The molecule has 0 aliphatic heterocycles. The maximum Gasteiger partial charge on any atom is 0.321 e. The number of benzene rings is 2. The van der Waals surface area contributed by atoms with Crippen molar-refractivity contribution >= 4 is 23.3 Å². The smallest absolute Gasteiger partial charge is 0.321 e. The molecular weight excluding hydrogens is 344 g/mol. The molecule has 2 aromatic carbocycles. The minimum atomic E-state index is -0.279. The van der Waals surface area contributed by atoms with Crippen molar-refractivity contribution in [2.24, 2.45) is 0 Å². The molecule has 2 rings (SSSR count). The first-order chi connectivity index (χ1) is 12.0. The summed E-state index contributed by atoms with van der Waals surface area (Å²) in [6, 6.07) is 12.0. The third-order valence-electron chi connectivity index (χ3n) is 3.50. The Balaban J connectivity index is 1.84. The van der Waals surface area contributed by atoms with Gasteiger partial charge in [0.15, 0.2) is 0 Å². The number of likely N-dealkylation sites (N-methyl/N-ethyl adjacent to an activating group) is 1. The highest BCUT2D eigenvalue weighted by molar-refractivity contribution is 6.31. The van der Waals surface area contributed by atoms with Crippen LogP contribution in [0.1, 0.15) is 0 Å². The predicted molar refractivity (Wildman–Crippen MR) is 98.1 cm³/mol. The molecule has 7 heteroatoms. The third-order valence-corrected chi connectivity index (χ3v) is 3.74. The molecule has 1 N–H and O–H groups in total. The highest BCUT2D eigenvalue weighted by Gasteiger charge is 2.12. The Morgan fingerprint density at radius 1 is 1.08 bits per heavy atom. The zero-order valence-electron chi connectivity index (χ0n) is 14.4. The number of carbonyl (C=O) groups excluding carboxylic acids is 1. The molecule has 0 saturated heterocycles. The molecule has 2 amide bonds. The van der Waals surface area contributed by atoms with Gasteiger partial charge in [-0.05, 0) is 42.5 Å². The topological polar surface area (TPSA) is 60.0 Å². The number of ether oxygens (including phenoxy) is 3. The summed E-state index contributed by atoms with van der Waals surface area (Å²) in [4.78, 5) is 13.8. The van der Waals surface area contributed by atoms with Crippen molar-refractivity contribution in [1.82, 2.24) is 4.90 Å². The summed E-state index contributed by atoms with van der Waals surface area (Å²) in [7, 11) is 4.83. The van der Waals surface area contributed by atoms with E-state index in [4.69, 9.17) is 25.8 Å². The number of amides is 2. The van der Waals surface area contributed by atoms with Crippen LogP contribution in [0.5, 0.6) is 17.2 Å². The van der Waals surface area contributed by atoms with Crippen LogP contribution < -0.4 is 19.5 Å². The van der Waals surface area contributed by atoms with Gasteiger partial charge in [-0.1, -0.05) is 11.6 Å². The molecule has 0 aromatic heterocycles. The molecule has 0 spiro atoms. The number of methoxy groups -OCH3 is 2. The SMILES string of the molecule is COc1ccc(OCCN(C)C(=O)Nc2cc(Cl)ccc2OC)cc1. The minimum absolute atomic E-state index is 0.279. The van der Waals surface area contributed by atoms with Crippen molar-refractivity contribution < 1.29 is 19.0 Å². The van der Waals surface area contributed by atoms with E-state index >= 15 is 0 Å². The standard InChI is InChI=1S/C18H21ClN2O4/c1-21(10-11-25-15-7-5-14(23-2)6-8-15)18(22)20-16-12-13(19)4-9-17(16)24-3/h4-9,12H,10-11H2,1-3H3,(H,20,22). The van der Waals surface area contributed by atoms with Gasteiger partial charge in [-0.3, -0.25) is 0 Å². The second kappa shape index (κ2) is 9.03. The van der Waals surface area contributed by atoms with E-state index in [1.54, 1.807) is 32.4 Å². The van der Waals surface area contributed by atoms with Crippen molar-refractivity contribution in [3.8, 4) is 17.2 Å². The summed E-state index contributed by atoms with van der Waals surface area (Å²) in [6.07, 6.45) is 0. The number of anilines is 1. The first-order valence-corrected chi connectivity index (χ1v) is 8.04. The van der Waals surface area contributed by atoms with Gasteiger partial charge in [0.1, 0.15) is 23.9 Å². The van der Waals surface area contributed by atoms with Gasteiger partial charge in [0.2, 0.25) is 0 Å². The number of hydrogen-bond acceptors (Lipinski definition) is 4. The van der Waals surface area contributed by atoms with E-state index in [1.165, 1.54) is 12.0 Å². The number of nitrogens with one attached hydrogen (secondary N) is 1. The zero-order valence-corrected chi connectivity index (χ0v) is 15.2. The van der Waals surface area contributed by atoms with E-state index in [1.807, 2.05) is 24.3 Å². The highest BCUT2D eigenvalue weighted by atomic mass is 35.5. The Morgan fingerprint density at radius 2 is 1.76 bits per heavy atom. The molecule has 0 aliphatic rings. The van der Waals surface area contributed by atoms with E-state index in [2.05, 4.69) is 5.32 Å². The van der Waals surface area contributed by atoms with Gasteiger partial charge in [-0.2, -0.15) is 0 Å². The van der Waals surface area contributed by atoms with Gasteiger partial charge in [0.25, 0.3) is 0 Å². The highest BCUT2D eigenvalue weighted by Crippen LogP contribution is 2.27. The van der Waals surface area contributed by atoms with Crippen LogP contribution in [0.25, 0.3) is 0 Å². The lowest BCUT2D eigenvalue weighted by Gasteiger charge is -2.19. The Bertz CT molecular complexity index is 707.